The lowest BCUT2D eigenvalue weighted by Crippen LogP contribution is -2.05. The largest absolute Gasteiger partial charge is 0.489 e. The molecule has 30 heavy (non-hydrogen) atoms. The van der Waals surface area contributed by atoms with Crippen LogP contribution in [0.3, 0.4) is 0 Å². The minimum Gasteiger partial charge on any atom is -0.489 e. The van der Waals surface area contributed by atoms with E-state index >= 15 is 0 Å². The smallest absolute Gasteiger partial charge is 0.123 e. The van der Waals surface area contributed by atoms with E-state index in [-0.39, 0.29) is 0 Å². The fraction of sp³-hybridized carbons (Fsp3) is 0.370. The molecule has 0 aliphatic rings. The summed E-state index contributed by atoms with van der Waals surface area (Å²) in [5.74, 6) is 1.37. The topological polar surface area (TPSA) is 22.1 Å². The van der Waals surface area contributed by atoms with Crippen molar-refractivity contribution in [1.29, 1.82) is 0 Å². The number of hydrogen-bond acceptors (Lipinski definition) is 2. The molecule has 1 heterocycles. The molecule has 0 radical (unpaired) electrons. The van der Waals surface area contributed by atoms with E-state index in [1.54, 1.807) is 0 Å². The summed E-state index contributed by atoms with van der Waals surface area (Å²) in [6, 6.07) is 14.9. The molecule has 3 aromatic rings. The number of nitrogens with zero attached hydrogens (tertiary/aromatic N) is 1. The minimum absolute atomic E-state index is 0.413. The predicted molar refractivity (Wildman–Crippen MR) is 128 cm³/mol. The maximum absolute atomic E-state index is 6.74. The molecule has 0 N–H and O–H groups in total. The molecule has 0 saturated heterocycles. The Hall–Kier alpha value is -2.32. The summed E-state index contributed by atoms with van der Waals surface area (Å²) < 4.78 is 6.19. The normalized spacial score (nSPS) is 11.2. The Morgan fingerprint density at radius 3 is 2.20 bits per heavy atom. The maximum Gasteiger partial charge on any atom is 0.123 e. The van der Waals surface area contributed by atoms with Crippen molar-refractivity contribution < 1.29 is 4.74 Å². The number of benzene rings is 2. The molecule has 0 aliphatic heterocycles. The van der Waals surface area contributed by atoms with Crippen molar-refractivity contribution in [2.45, 2.75) is 66.9 Å². The van der Waals surface area contributed by atoms with Gasteiger partial charge < -0.3 is 4.74 Å². The highest BCUT2D eigenvalue weighted by Gasteiger charge is 2.15. The van der Waals surface area contributed by atoms with Crippen LogP contribution >= 0.6 is 11.6 Å². The highest BCUT2D eigenvalue weighted by molar-refractivity contribution is 6.31. The molecule has 0 unspecified atom stereocenters. The van der Waals surface area contributed by atoms with Gasteiger partial charge >= 0.3 is 0 Å². The van der Waals surface area contributed by atoms with E-state index in [0.717, 1.165) is 41.1 Å². The standard InChI is InChI=1S/C27H32ClNO/c1-7-20-10-9-11-21(8-2)27(20)25-15-24(28)23(19(6)29-25)16-30-26-14-22(17(3)4)13-12-18(26)5/h9-15,17H,7-8,16H2,1-6H3. The number of aryl methyl sites for hydroxylation is 4. The van der Waals surface area contributed by atoms with Gasteiger partial charge in [0.15, 0.2) is 0 Å². The summed E-state index contributed by atoms with van der Waals surface area (Å²) in [6.45, 7) is 13.3. The first kappa shape index (κ1) is 22.4. The van der Waals surface area contributed by atoms with Gasteiger partial charge in [0.05, 0.1) is 10.7 Å². The third-order valence-corrected chi connectivity index (χ3v) is 6.12. The summed E-state index contributed by atoms with van der Waals surface area (Å²) in [4.78, 5) is 4.94. The van der Waals surface area contributed by atoms with E-state index in [1.165, 1.54) is 22.3 Å². The van der Waals surface area contributed by atoms with Gasteiger partial charge in [-0.15, -0.1) is 0 Å². The Kier molecular flexibility index (Phi) is 7.20. The van der Waals surface area contributed by atoms with Crippen molar-refractivity contribution in [1.82, 2.24) is 4.98 Å². The Balaban J connectivity index is 1.93. The molecule has 158 valence electrons. The van der Waals surface area contributed by atoms with Crippen LogP contribution in [0, 0.1) is 13.8 Å². The minimum atomic E-state index is 0.413. The monoisotopic (exact) mass is 421 g/mol. The van der Waals surface area contributed by atoms with Gasteiger partial charge in [-0.3, -0.25) is 4.98 Å². The molecule has 0 atom stereocenters. The lowest BCUT2D eigenvalue weighted by Gasteiger charge is -2.17. The number of aromatic nitrogens is 1. The molecule has 3 heteroatoms. The summed E-state index contributed by atoms with van der Waals surface area (Å²) >= 11 is 6.74. The van der Waals surface area contributed by atoms with Crippen LogP contribution < -0.4 is 4.74 Å². The summed E-state index contributed by atoms with van der Waals surface area (Å²) in [5, 5.41) is 0.711. The lowest BCUT2D eigenvalue weighted by atomic mass is 9.94. The van der Waals surface area contributed by atoms with Crippen molar-refractivity contribution >= 4 is 11.6 Å². The zero-order chi connectivity index (χ0) is 21.8. The Labute approximate surface area is 186 Å². The summed E-state index contributed by atoms with van der Waals surface area (Å²) in [6.07, 6.45) is 1.94. The van der Waals surface area contributed by atoms with Crippen LogP contribution in [0.5, 0.6) is 5.75 Å². The SMILES string of the molecule is CCc1cccc(CC)c1-c1cc(Cl)c(COc2cc(C(C)C)ccc2C)c(C)n1. The number of halogens is 1. The highest BCUT2D eigenvalue weighted by atomic mass is 35.5. The van der Waals surface area contributed by atoms with E-state index in [1.807, 2.05) is 13.0 Å². The highest BCUT2D eigenvalue weighted by Crippen LogP contribution is 2.32. The maximum atomic E-state index is 6.74. The quantitative estimate of drug-likeness (QED) is 0.387. The van der Waals surface area contributed by atoms with Crippen molar-refractivity contribution in [2.75, 3.05) is 0 Å². The second-order valence-corrected chi connectivity index (χ2v) is 8.59. The second kappa shape index (κ2) is 9.66. The predicted octanol–water partition coefficient (Wildman–Crippen LogP) is 7.85. The Bertz CT molecular complexity index is 994. The van der Waals surface area contributed by atoms with Crippen molar-refractivity contribution in [2.24, 2.45) is 0 Å². The molecule has 0 fully saturated rings. The van der Waals surface area contributed by atoms with Crippen LogP contribution in [0.2, 0.25) is 5.02 Å². The van der Waals surface area contributed by atoms with E-state index in [4.69, 9.17) is 21.3 Å². The molecule has 2 aromatic carbocycles. The molecular weight excluding hydrogens is 390 g/mol. The van der Waals surface area contributed by atoms with Crippen LogP contribution in [0.15, 0.2) is 42.5 Å². The van der Waals surface area contributed by atoms with Gasteiger partial charge in [-0.05, 0) is 67.0 Å². The molecule has 1 aromatic heterocycles. The van der Waals surface area contributed by atoms with Gasteiger partial charge in [-0.25, -0.2) is 0 Å². The van der Waals surface area contributed by atoms with Crippen molar-refractivity contribution in [3.05, 3.63) is 81.0 Å². The molecule has 0 bridgehead atoms. The Morgan fingerprint density at radius 2 is 1.63 bits per heavy atom. The molecule has 0 saturated carbocycles. The first-order chi connectivity index (χ1) is 14.3. The van der Waals surface area contributed by atoms with Gasteiger partial charge in [0, 0.05) is 16.8 Å². The van der Waals surface area contributed by atoms with E-state index in [0.29, 0.717) is 17.5 Å². The van der Waals surface area contributed by atoms with Crippen LogP contribution in [0.25, 0.3) is 11.3 Å². The number of pyridine rings is 1. The van der Waals surface area contributed by atoms with Crippen molar-refractivity contribution in [3.8, 4) is 17.0 Å². The number of rotatable bonds is 7. The molecule has 0 amide bonds. The van der Waals surface area contributed by atoms with Crippen LogP contribution in [-0.2, 0) is 19.4 Å². The first-order valence-electron chi connectivity index (χ1n) is 10.9. The van der Waals surface area contributed by atoms with Gasteiger partial charge in [0.2, 0.25) is 0 Å². The third-order valence-electron chi connectivity index (χ3n) is 5.78. The number of hydrogen-bond donors (Lipinski definition) is 0. The van der Waals surface area contributed by atoms with E-state index < -0.39 is 0 Å². The first-order valence-corrected chi connectivity index (χ1v) is 11.2. The third kappa shape index (κ3) is 4.70. The molecule has 0 spiro atoms. The van der Waals surface area contributed by atoms with E-state index in [9.17, 15) is 0 Å². The van der Waals surface area contributed by atoms with Crippen LogP contribution in [-0.4, -0.2) is 4.98 Å². The van der Waals surface area contributed by atoms with Crippen molar-refractivity contribution in [3.63, 3.8) is 0 Å². The van der Waals surface area contributed by atoms with Gasteiger partial charge in [-0.2, -0.15) is 0 Å². The Morgan fingerprint density at radius 1 is 0.967 bits per heavy atom. The molecule has 3 rings (SSSR count). The fourth-order valence-corrected chi connectivity index (χ4v) is 4.11. The van der Waals surface area contributed by atoms with E-state index in [2.05, 4.69) is 71.0 Å². The van der Waals surface area contributed by atoms with Crippen LogP contribution in [0.4, 0.5) is 0 Å². The van der Waals surface area contributed by atoms with Crippen LogP contribution in [0.1, 0.15) is 67.1 Å². The molecule has 2 nitrogen and oxygen atoms in total. The number of ether oxygens (including phenoxy) is 1. The average molecular weight is 422 g/mol. The zero-order valence-corrected chi connectivity index (χ0v) is 19.7. The molecular formula is C27H32ClNO. The lowest BCUT2D eigenvalue weighted by molar-refractivity contribution is 0.302. The van der Waals surface area contributed by atoms with Gasteiger partial charge in [0.1, 0.15) is 12.4 Å². The molecule has 0 aliphatic carbocycles. The summed E-state index contributed by atoms with van der Waals surface area (Å²) in [5.41, 5.74) is 9.06. The summed E-state index contributed by atoms with van der Waals surface area (Å²) in [7, 11) is 0. The van der Waals surface area contributed by atoms with Gasteiger partial charge in [-0.1, -0.05) is 69.6 Å². The van der Waals surface area contributed by atoms with Gasteiger partial charge in [0.25, 0.3) is 0 Å². The zero-order valence-electron chi connectivity index (χ0n) is 19.0. The average Bonchev–Trinajstić information content (AvgIpc) is 2.73. The second-order valence-electron chi connectivity index (χ2n) is 8.18. The fourth-order valence-electron chi connectivity index (χ4n) is 3.81.